The first-order valence-electron chi connectivity index (χ1n) is 11.7. The Morgan fingerprint density at radius 1 is 1.06 bits per heavy atom. The Bertz CT molecular complexity index is 1460. The van der Waals surface area contributed by atoms with Gasteiger partial charge in [0.1, 0.15) is 5.69 Å². The van der Waals surface area contributed by atoms with Gasteiger partial charge in [-0.2, -0.15) is 0 Å². The summed E-state index contributed by atoms with van der Waals surface area (Å²) < 4.78 is 2.62. The van der Waals surface area contributed by atoms with Gasteiger partial charge in [0.2, 0.25) is 0 Å². The molecule has 1 saturated heterocycles. The van der Waals surface area contributed by atoms with Crippen molar-refractivity contribution in [1.82, 2.24) is 19.2 Å². The van der Waals surface area contributed by atoms with E-state index in [2.05, 4.69) is 16.4 Å². The summed E-state index contributed by atoms with van der Waals surface area (Å²) >= 11 is 1.41. The molecule has 6 rings (SSSR count). The van der Waals surface area contributed by atoms with Gasteiger partial charge < -0.3 is 15.4 Å². The van der Waals surface area contributed by atoms with Crippen LogP contribution in [0.4, 0.5) is 0 Å². The Balaban J connectivity index is 1.44. The minimum Gasteiger partial charge on any atom is -0.393 e. The molecule has 0 amide bonds. The molecule has 0 spiro atoms. The van der Waals surface area contributed by atoms with Crippen LogP contribution in [0.1, 0.15) is 49.6 Å². The Morgan fingerprint density at radius 3 is 2.70 bits per heavy atom. The molecule has 170 valence electrons. The van der Waals surface area contributed by atoms with Gasteiger partial charge in [-0.3, -0.25) is 13.5 Å². The first kappa shape index (κ1) is 20.8. The van der Waals surface area contributed by atoms with Crippen LogP contribution in [0.15, 0.2) is 46.0 Å². The van der Waals surface area contributed by atoms with E-state index in [0.29, 0.717) is 35.4 Å². The van der Waals surface area contributed by atoms with Crippen LogP contribution in [-0.2, 0) is 0 Å². The van der Waals surface area contributed by atoms with Crippen molar-refractivity contribution < 1.29 is 5.11 Å². The van der Waals surface area contributed by atoms with Crippen LogP contribution < -0.4 is 16.4 Å². The Labute approximate surface area is 194 Å². The number of aromatic amines is 1. The number of benzene rings is 2. The lowest BCUT2D eigenvalue weighted by atomic mass is 9.93. The molecule has 4 aromatic rings. The number of hydrogen-bond donors (Lipinski definition) is 3. The van der Waals surface area contributed by atoms with E-state index in [0.717, 1.165) is 48.1 Å². The second kappa shape index (κ2) is 8.20. The molecule has 1 atom stereocenters. The lowest BCUT2D eigenvalue weighted by molar-refractivity contribution is 0.112. The molecule has 2 aromatic heterocycles. The van der Waals surface area contributed by atoms with Gasteiger partial charge in [0.25, 0.3) is 11.1 Å². The maximum atomic E-state index is 13.2. The number of rotatable bonds is 3. The predicted octanol–water partition coefficient (Wildman–Crippen LogP) is 3.52. The van der Waals surface area contributed by atoms with Crippen LogP contribution in [0.3, 0.4) is 0 Å². The number of aliphatic hydroxyl groups is 1. The maximum Gasteiger partial charge on any atom is 0.275 e. The van der Waals surface area contributed by atoms with E-state index in [-0.39, 0.29) is 23.3 Å². The third kappa shape index (κ3) is 3.62. The molecule has 2 fully saturated rings. The summed E-state index contributed by atoms with van der Waals surface area (Å²) in [7, 11) is 0. The van der Waals surface area contributed by atoms with Crippen molar-refractivity contribution in [3.05, 3.63) is 62.7 Å². The minimum absolute atomic E-state index is 0.0229. The molecule has 2 aromatic carbocycles. The summed E-state index contributed by atoms with van der Waals surface area (Å²) in [5.41, 5.74) is 3.46. The lowest BCUT2D eigenvalue weighted by Gasteiger charge is -2.25. The van der Waals surface area contributed by atoms with Crippen molar-refractivity contribution in [3.63, 3.8) is 0 Å². The van der Waals surface area contributed by atoms with E-state index in [9.17, 15) is 14.7 Å². The molecule has 7 nitrogen and oxygen atoms in total. The highest BCUT2D eigenvalue weighted by Gasteiger charge is 2.25. The highest BCUT2D eigenvalue weighted by molar-refractivity contribution is 7.14. The SMILES string of the molecule is O=c1[nH]c2cc(C3CCNC3)ccc2nc1-c1cccc2c(=O)n(C3CCC(O)CC3)sc12. The second-order valence-corrected chi connectivity index (χ2v) is 10.2. The van der Waals surface area contributed by atoms with Gasteiger partial charge in [-0.15, -0.1) is 0 Å². The van der Waals surface area contributed by atoms with E-state index in [1.54, 1.807) is 0 Å². The van der Waals surface area contributed by atoms with Gasteiger partial charge in [-0.1, -0.05) is 29.7 Å². The molecular weight excluding hydrogens is 436 g/mol. The van der Waals surface area contributed by atoms with Crippen LogP contribution in [0.2, 0.25) is 0 Å². The van der Waals surface area contributed by atoms with Crippen molar-refractivity contribution >= 4 is 32.7 Å². The molecule has 0 bridgehead atoms. The fraction of sp³-hybridized carbons (Fsp3) is 0.400. The largest absolute Gasteiger partial charge is 0.393 e. The zero-order chi connectivity index (χ0) is 22.5. The van der Waals surface area contributed by atoms with Crippen molar-refractivity contribution in [1.29, 1.82) is 0 Å². The van der Waals surface area contributed by atoms with Gasteiger partial charge >= 0.3 is 0 Å². The van der Waals surface area contributed by atoms with Crippen LogP contribution in [-0.4, -0.2) is 38.2 Å². The minimum atomic E-state index is -0.271. The van der Waals surface area contributed by atoms with E-state index in [1.807, 2.05) is 34.3 Å². The summed E-state index contributed by atoms with van der Waals surface area (Å²) in [5.74, 6) is 0.462. The molecule has 1 unspecified atom stereocenters. The molecule has 8 heteroatoms. The van der Waals surface area contributed by atoms with Crippen molar-refractivity contribution in [3.8, 4) is 11.3 Å². The first-order chi connectivity index (χ1) is 16.1. The van der Waals surface area contributed by atoms with Crippen LogP contribution in [0.5, 0.6) is 0 Å². The van der Waals surface area contributed by atoms with Crippen LogP contribution in [0, 0.1) is 0 Å². The molecular formula is C25H26N4O3S. The predicted molar refractivity (Wildman–Crippen MR) is 131 cm³/mol. The van der Waals surface area contributed by atoms with Gasteiger partial charge in [0, 0.05) is 18.2 Å². The van der Waals surface area contributed by atoms with Crippen molar-refractivity contribution in [2.75, 3.05) is 13.1 Å². The number of nitrogens with one attached hydrogen (secondary N) is 2. The molecule has 1 aliphatic carbocycles. The Morgan fingerprint density at radius 2 is 1.91 bits per heavy atom. The number of aliphatic hydroxyl groups excluding tert-OH is 1. The molecule has 33 heavy (non-hydrogen) atoms. The normalized spacial score (nSPS) is 23.5. The standard InChI is InChI=1S/C25H26N4O3S/c30-17-7-5-16(6-8-17)29-25(32)19-3-1-2-18(23(19)33-29)22-24(31)28-21-12-14(4-9-20(21)27-22)15-10-11-26-13-15/h1-4,9,12,15-17,26,30H,5-8,10-11,13H2,(H,28,31). The number of hydrogen-bond acceptors (Lipinski definition) is 6. The summed E-state index contributed by atoms with van der Waals surface area (Å²) in [5, 5.41) is 13.8. The third-order valence-electron chi connectivity index (χ3n) is 7.14. The van der Waals surface area contributed by atoms with Crippen LogP contribution in [0.25, 0.3) is 32.4 Å². The van der Waals surface area contributed by atoms with Gasteiger partial charge in [-0.25, -0.2) is 4.98 Å². The second-order valence-electron chi connectivity index (χ2n) is 9.25. The molecule has 1 aliphatic heterocycles. The zero-order valence-electron chi connectivity index (χ0n) is 18.2. The van der Waals surface area contributed by atoms with Crippen molar-refractivity contribution in [2.45, 2.75) is 50.2 Å². The fourth-order valence-corrected chi connectivity index (χ4v) is 6.52. The van der Waals surface area contributed by atoms with Crippen LogP contribution >= 0.6 is 11.5 Å². The van der Waals surface area contributed by atoms with Gasteiger partial charge in [-0.05, 0) is 68.3 Å². The van der Waals surface area contributed by atoms with Crippen molar-refractivity contribution in [2.24, 2.45) is 0 Å². The average molecular weight is 463 g/mol. The summed E-state index contributed by atoms with van der Waals surface area (Å²) in [4.78, 5) is 34.0. The van der Waals surface area contributed by atoms with E-state index in [4.69, 9.17) is 4.98 Å². The summed E-state index contributed by atoms with van der Waals surface area (Å²) in [6.07, 6.45) is 3.83. The average Bonchev–Trinajstić information content (AvgIpc) is 3.48. The van der Waals surface area contributed by atoms with Gasteiger partial charge in [0.15, 0.2) is 0 Å². The zero-order valence-corrected chi connectivity index (χ0v) is 19.0. The molecule has 3 N–H and O–H groups in total. The monoisotopic (exact) mass is 462 g/mol. The van der Waals surface area contributed by atoms with E-state index < -0.39 is 0 Å². The summed E-state index contributed by atoms with van der Waals surface area (Å²) in [6.45, 7) is 1.98. The number of fused-ring (bicyclic) bond motifs is 2. The Hall–Kier alpha value is -2.81. The first-order valence-corrected chi connectivity index (χ1v) is 12.4. The smallest absolute Gasteiger partial charge is 0.275 e. The fourth-order valence-electron chi connectivity index (χ4n) is 5.26. The molecule has 1 saturated carbocycles. The summed E-state index contributed by atoms with van der Waals surface area (Å²) in [6, 6.07) is 11.7. The molecule has 0 radical (unpaired) electrons. The topological polar surface area (TPSA) is 100 Å². The molecule has 3 heterocycles. The number of aromatic nitrogens is 3. The molecule has 2 aliphatic rings. The highest BCUT2D eigenvalue weighted by Crippen LogP contribution is 2.34. The maximum absolute atomic E-state index is 13.2. The quantitative estimate of drug-likeness (QED) is 0.433. The number of H-pyrrole nitrogens is 1. The van der Waals surface area contributed by atoms with E-state index in [1.165, 1.54) is 17.1 Å². The highest BCUT2D eigenvalue weighted by atomic mass is 32.1. The van der Waals surface area contributed by atoms with E-state index >= 15 is 0 Å². The Kier molecular flexibility index (Phi) is 5.16. The third-order valence-corrected chi connectivity index (χ3v) is 8.42. The lowest BCUT2D eigenvalue weighted by Crippen LogP contribution is -2.25. The number of nitrogens with zero attached hydrogens (tertiary/aromatic N) is 2. The van der Waals surface area contributed by atoms with Gasteiger partial charge in [0.05, 0.1) is 27.2 Å².